The van der Waals surface area contributed by atoms with E-state index in [1.165, 1.54) is 12.5 Å². The van der Waals surface area contributed by atoms with Crippen LogP contribution in [0.5, 0.6) is 0 Å². The van der Waals surface area contributed by atoms with Crippen LogP contribution in [0.15, 0.2) is 54.6 Å². The standard InChI is InChI=1S/C25H25N5O/c1-16-23(18-8-4-3-5-9-18)25-28-22-11-7-6-10-21(22)24(30(25)29-16)27-20-14-12-19(13-15-20)26-17(2)31/h3-5,8-9,12-15,27H,6-7,10-11H2,1-2H3,(H,26,31). The number of carbonyl (C=O) groups excluding carboxylic acids is 1. The Morgan fingerprint density at radius 1 is 0.968 bits per heavy atom. The van der Waals surface area contributed by atoms with E-state index in [0.29, 0.717) is 0 Å². The van der Waals surface area contributed by atoms with Crippen LogP contribution in [0.2, 0.25) is 0 Å². The summed E-state index contributed by atoms with van der Waals surface area (Å²) in [5.41, 5.74) is 8.19. The number of benzene rings is 2. The van der Waals surface area contributed by atoms with Crippen molar-refractivity contribution in [1.82, 2.24) is 14.6 Å². The lowest BCUT2D eigenvalue weighted by molar-refractivity contribution is -0.114. The van der Waals surface area contributed by atoms with Crippen molar-refractivity contribution in [3.05, 3.63) is 71.5 Å². The predicted octanol–water partition coefficient (Wildman–Crippen LogP) is 5.29. The number of amides is 1. The fourth-order valence-corrected chi connectivity index (χ4v) is 4.35. The van der Waals surface area contributed by atoms with E-state index in [0.717, 1.165) is 71.0 Å². The van der Waals surface area contributed by atoms with Crippen LogP contribution in [0.4, 0.5) is 17.2 Å². The molecule has 0 bridgehead atoms. The molecule has 0 spiro atoms. The normalized spacial score (nSPS) is 13.1. The third kappa shape index (κ3) is 3.65. The van der Waals surface area contributed by atoms with Crippen molar-refractivity contribution in [3.63, 3.8) is 0 Å². The topological polar surface area (TPSA) is 71.3 Å². The van der Waals surface area contributed by atoms with Gasteiger partial charge in [0.25, 0.3) is 0 Å². The molecule has 0 unspecified atom stereocenters. The molecule has 0 atom stereocenters. The Morgan fingerprint density at radius 2 is 1.68 bits per heavy atom. The van der Waals surface area contributed by atoms with Gasteiger partial charge in [-0.25, -0.2) is 4.98 Å². The second-order valence-corrected chi connectivity index (χ2v) is 8.04. The predicted molar refractivity (Wildman–Crippen MR) is 124 cm³/mol. The number of anilines is 3. The summed E-state index contributed by atoms with van der Waals surface area (Å²) in [5.74, 6) is 0.906. The summed E-state index contributed by atoms with van der Waals surface area (Å²) in [6.07, 6.45) is 4.29. The zero-order valence-electron chi connectivity index (χ0n) is 17.8. The summed E-state index contributed by atoms with van der Waals surface area (Å²) in [4.78, 5) is 16.4. The van der Waals surface area contributed by atoms with Crippen molar-refractivity contribution >= 4 is 28.7 Å². The number of hydrogen-bond acceptors (Lipinski definition) is 4. The summed E-state index contributed by atoms with van der Waals surface area (Å²) in [6, 6.07) is 18.1. The van der Waals surface area contributed by atoms with Gasteiger partial charge in [0, 0.05) is 35.1 Å². The molecule has 2 N–H and O–H groups in total. The van der Waals surface area contributed by atoms with Gasteiger partial charge in [0.05, 0.1) is 5.69 Å². The first kappa shape index (κ1) is 19.3. The molecule has 6 heteroatoms. The highest BCUT2D eigenvalue weighted by Gasteiger charge is 2.23. The lowest BCUT2D eigenvalue weighted by Crippen LogP contribution is -2.13. The molecule has 156 valence electrons. The molecular formula is C25H25N5O. The number of hydrogen-bond donors (Lipinski definition) is 2. The van der Waals surface area contributed by atoms with Crippen LogP contribution in [0.3, 0.4) is 0 Å². The fraction of sp³-hybridized carbons (Fsp3) is 0.240. The third-order valence-corrected chi connectivity index (χ3v) is 5.74. The fourth-order valence-electron chi connectivity index (χ4n) is 4.35. The molecule has 4 aromatic rings. The van der Waals surface area contributed by atoms with Crippen molar-refractivity contribution in [2.24, 2.45) is 0 Å². The SMILES string of the molecule is CC(=O)Nc1ccc(Nc2c3c(nc4c(-c5ccccc5)c(C)nn24)CCCC3)cc1. The van der Waals surface area contributed by atoms with Crippen molar-refractivity contribution in [2.45, 2.75) is 39.5 Å². The minimum absolute atomic E-state index is 0.0777. The molecule has 6 nitrogen and oxygen atoms in total. The van der Waals surface area contributed by atoms with E-state index in [9.17, 15) is 4.79 Å². The highest BCUT2D eigenvalue weighted by atomic mass is 16.1. The van der Waals surface area contributed by atoms with Gasteiger partial charge in [-0.2, -0.15) is 9.61 Å². The van der Waals surface area contributed by atoms with E-state index < -0.39 is 0 Å². The van der Waals surface area contributed by atoms with Crippen LogP contribution < -0.4 is 10.6 Å². The Morgan fingerprint density at radius 3 is 2.42 bits per heavy atom. The van der Waals surface area contributed by atoms with Gasteiger partial charge in [-0.3, -0.25) is 4.79 Å². The van der Waals surface area contributed by atoms with Crippen LogP contribution >= 0.6 is 0 Å². The highest BCUT2D eigenvalue weighted by molar-refractivity contribution is 5.89. The molecule has 0 saturated heterocycles. The molecule has 1 aliphatic rings. The second-order valence-electron chi connectivity index (χ2n) is 8.04. The van der Waals surface area contributed by atoms with E-state index in [-0.39, 0.29) is 5.91 Å². The number of aryl methyl sites for hydroxylation is 2. The van der Waals surface area contributed by atoms with Crippen LogP contribution in [-0.4, -0.2) is 20.5 Å². The first-order chi connectivity index (χ1) is 15.1. The summed E-state index contributed by atoms with van der Waals surface area (Å²) >= 11 is 0. The van der Waals surface area contributed by atoms with Gasteiger partial charge in [-0.05, 0) is 62.4 Å². The molecule has 2 aromatic heterocycles. The Kier molecular flexibility index (Phi) is 4.90. The summed E-state index contributed by atoms with van der Waals surface area (Å²) in [7, 11) is 0. The van der Waals surface area contributed by atoms with Crippen molar-refractivity contribution in [1.29, 1.82) is 0 Å². The third-order valence-electron chi connectivity index (χ3n) is 5.74. The summed E-state index contributed by atoms with van der Waals surface area (Å²) in [6.45, 7) is 3.55. The van der Waals surface area contributed by atoms with E-state index in [4.69, 9.17) is 10.1 Å². The lowest BCUT2D eigenvalue weighted by atomic mass is 9.96. The molecule has 0 aliphatic heterocycles. The largest absolute Gasteiger partial charge is 0.340 e. The Labute approximate surface area is 181 Å². The Bertz CT molecular complexity index is 1260. The second kappa shape index (κ2) is 7.87. The van der Waals surface area contributed by atoms with Gasteiger partial charge in [-0.1, -0.05) is 30.3 Å². The number of rotatable bonds is 4. The van der Waals surface area contributed by atoms with Crippen LogP contribution in [0.25, 0.3) is 16.8 Å². The Balaban J connectivity index is 1.64. The first-order valence-corrected chi connectivity index (χ1v) is 10.7. The van der Waals surface area contributed by atoms with E-state index in [1.807, 2.05) is 53.9 Å². The zero-order chi connectivity index (χ0) is 21.4. The van der Waals surface area contributed by atoms with Gasteiger partial charge in [-0.15, -0.1) is 0 Å². The number of nitrogens with zero attached hydrogens (tertiary/aromatic N) is 3. The number of aromatic nitrogens is 3. The van der Waals surface area contributed by atoms with Gasteiger partial charge in [0.15, 0.2) is 5.65 Å². The monoisotopic (exact) mass is 411 g/mol. The maximum Gasteiger partial charge on any atom is 0.221 e. The highest BCUT2D eigenvalue weighted by Crippen LogP contribution is 2.35. The van der Waals surface area contributed by atoms with Gasteiger partial charge < -0.3 is 10.6 Å². The Hall–Kier alpha value is -3.67. The van der Waals surface area contributed by atoms with Crippen LogP contribution in [0, 0.1) is 6.92 Å². The molecular weight excluding hydrogens is 386 g/mol. The van der Waals surface area contributed by atoms with Crippen molar-refractivity contribution in [2.75, 3.05) is 10.6 Å². The van der Waals surface area contributed by atoms with Gasteiger partial charge in [0.2, 0.25) is 5.91 Å². The molecule has 0 saturated carbocycles. The minimum atomic E-state index is -0.0777. The smallest absolute Gasteiger partial charge is 0.221 e. The molecule has 31 heavy (non-hydrogen) atoms. The minimum Gasteiger partial charge on any atom is -0.340 e. The lowest BCUT2D eigenvalue weighted by Gasteiger charge is -2.21. The van der Waals surface area contributed by atoms with E-state index in [1.54, 1.807) is 0 Å². The maximum absolute atomic E-state index is 11.3. The number of fused-ring (bicyclic) bond motifs is 2. The quantitative estimate of drug-likeness (QED) is 0.479. The zero-order valence-corrected chi connectivity index (χ0v) is 17.8. The van der Waals surface area contributed by atoms with E-state index >= 15 is 0 Å². The van der Waals surface area contributed by atoms with Gasteiger partial charge in [0.1, 0.15) is 5.82 Å². The molecule has 1 aliphatic carbocycles. The van der Waals surface area contributed by atoms with Crippen molar-refractivity contribution < 1.29 is 4.79 Å². The molecule has 0 fully saturated rings. The van der Waals surface area contributed by atoms with E-state index in [2.05, 4.69) is 22.8 Å². The molecule has 2 aromatic carbocycles. The number of nitrogens with one attached hydrogen (secondary N) is 2. The molecule has 0 radical (unpaired) electrons. The maximum atomic E-state index is 11.3. The van der Waals surface area contributed by atoms with Crippen LogP contribution in [-0.2, 0) is 17.6 Å². The van der Waals surface area contributed by atoms with Gasteiger partial charge >= 0.3 is 0 Å². The number of carbonyl (C=O) groups is 1. The average molecular weight is 412 g/mol. The molecule has 5 rings (SSSR count). The summed E-state index contributed by atoms with van der Waals surface area (Å²) in [5, 5.41) is 11.3. The average Bonchev–Trinajstić information content (AvgIpc) is 3.10. The summed E-state index contributed by atoms with van der Waals surface area (Å²) < 4.78 is 1.96. The first-order valence-electron chi connectivity index (χ1n) is 10.7. The molecule has 2 heterocycles. The molecule has 1 amide bonds. The van der Waals surface area contributed by atoms with Crippen molar-refractivity contribution in [3.8, 4) is 11.1 Å². The van der Waals surface area contributed by atoms with Crippen LogP contribution in [0.1, 0.15) is 36.7 Å².